The van der Waals surface area contributed by atoms with Gasteiger partial charge in [0, 0.05) is 26.2 Å². The molecule has 1 saturated heterocycles. The third kappa shape index (κ3) is 5.83. The second-order valence-corrected chi connectivity index (χ2v) is 7.10. The molecule has 2 amide bonds. The van der Waals surface area contributed by atoms with E-state index in [2.05, 4.69) is 0 Å². The standard InChI is InChI=1S/C16H31N3O3/c1-6-18(14(20)12(2)17)10-13-8-7-9-19(11-13)15(21)22-16(3,4)5/h12-13H,6-11,17H2,1-5H3. The number of carbonyl (C=O) groups excluding carboxylic acids is 2. The molecule has 0 bridgehead atoms. The highest BCUT2D eigenvalue weighted by molar-refractivity contribution is 5.81. The maximum Gasteiger partial charge on any atom is 0.410 e. The number of nitrogens with zero attached hydrogens (tertiary/aromatic N) is 2. The highest BCUT2D eigenvalue weighted by Gasteiger charge is 2.29. The summed E-state index contributed by atoms with van der Waals surface area (Å²) in [7, 11) is 0. The number of likely N-dealkylation sites (tertiary alicyclic amines) is 1. The lowest BCUT2D eigenvalue weighted by Gasteiger charge is -2.36. The van der Waals surface area contributed by atoms with Gasteiger partial charge in [-0.15, -0.1) is 0 Å². The van der Waals surface area contributed by atoms with Crippen molar-refractivity contribution in [3.63, 3.8) is 0 Å². The smallest absolute Gasteiger partial charge is 0.410 e. The fraction of sp³-hybridized carbons (Fsp3) is 0.875. The first-order chi connectivity index (χ1) is 10.1. The number of ether oxygens (including phenoxy) is 1. The minimum atomic E-state index is -0.482. The minimum absolute atomic E-state index is 0.0307. The zero-order chi connectivity index (χ0) is 16.9. The van der Waals surface area contributed by atoms with Crippen LogP contribution in [0.15, 0.2) is 0 Å². The maximum absolute atomic E-state index is 12.2. The van der Waals surface area contributed by atoms with Gasteiger partial charge in [0.25, 0.3) is 0 Å². The first kappa shape index (κ1) is 18.7. The van der Waals surface area contributed by atoms with Gasteiger partial charge in [0.2, 0.25) is 5.91 Å². The molecule has 0 aromatic heterocycles. The van der Waals surface area contributed by atoms with Gasteiger partial charge in [0.05, 0.1) is 6.04 Å². The molecule has 0 spiro atoms. The van der Waals surface area contributed by atoms with Crippen LogP contribution >= 0.6 is 0 Å². The Bertz CT molecular complexity index is 391. The van der Waals surface area contributed by atoms with Crippen molar-refractivity contribution in [2.75, 3.05) is 26.2 Å². The van der Waals surface area contributed by atoms with Gasteiger partial charge in [-0.2, -0.15) is 0 Å². The van der Waals surface area contributed by atoms with Crippen LogP contribution in [-0.2, 0) is 9.53 Å². The predicted molar refractivity (Wildman–Crippen MR) is 86.4 cm³/mol. The monoisotopic (exact) mass is 313 g/mol. The molecule has 1 aliphatic heterocycles. The van der Waals surface area contributed by atoms with Crippen molar-refractivity contribution in [1.82, 2.24) is 9.80 Å². The number of hydrogen-bond acceptors (Lipinski definition) is 4. The number of likely N-dealkylation sites (N-methyl/N-ethyl adjacent to an activating group) is 1. The lowest BCUT2D eigenvalue weighted by molar-refractivity contribution is -0.132. The van der Waals surface area contributed by atoms with E-state index in [1.165, 1.54) is 0 Å². The molecule has 0 aromatic rings. The van der Waals surface area contributed by atoms with E-state index >= 15 is 0 Å². The fourth-order valence-corrected chi connectivity index (χ4v) is 2.68. The van der Waals surface area contributed by atoms with Gasteiger partial charge >= 0.3 is 6.09 Å². The summed E-state index contributed by atoms with van der Waals surface area (Å²) >= 11 is 0. The van der Waals surface area contributed by atoms with Crippen LogP contribution in [0.25, 0.3) is 0 Å². The molecule has 6 nitrogen and oxygen atoms in total. The van der Waals surface area contributed by atoms with Crippen molar-refractivity contribution in [3.05, 3.63) is 0 Å². The van der Waals surface area contributed by atoms with Gasteiger partial charge in [-0.3, -0.25) is 4.79 Å². The second kappa shape index (κ2) is 7.81. The Morgan fingerprint density at radius 2 is 2.05 bits per heavy atom. The van der Waals surface area contributed by atoms with Crippen LogP contribution in [0.4, 0.5) is 4.79 Å². The van der Waals surface area contributed by atoms with Crippen molar-refractivity contribution in [3.8, 4) is 0 Å². The van der Waals surface area contributed by atoms with Gasteiger partial charge in [0.1, 0.15) is 5.60 Å². The normalized spacial score (nSPS) is 20.5. The van der Waals surface area contributed by atoms with Crippen LogP contribution < -0.4 is 5.73 Å². The van der Waals surface area contributed by atoms with E-state index in [9.17, 15) is 9.59 Å². The predicted octanol–water partition coefficient (Wildman–Crippen LogP) is 1.83. The van der Waals surface area contributed by atoms with E-state index < -0.39 is 11.6 Å². The Hall–Kier alpha value is -1.30. The van der Waals surface area contributed by atoms with Gasteiger partial charge < -0.3 is 20.3 Å². The van der Waals surface area contributed by atoms with E-state index in [1.807, 2.05) is 27.7 Å². The highest BCUT2D eigenvalue weighted by Crippen LogP contribution is 2.20. The Labute approximate surface area is 134 Å². The van der Waals surface area contributed by atoms with E-state index in [0.29, 0.717) is 19.6 Å². The van der Waals surface area contributed by atoms with E-state index in [1.54, 1.807) is 16.7 Å². The Balaban J connectivity index is 2.59. The zero-order valence-corrected chi connectivity index (χ0v) is 14.6. The van der Waals surface area contributed by atoms with Crippen LogP contribution in [0.1, 0.15) is 47.5 Å². The van der Waals surface area contributed by atoms with E-state index in [4.69, 9.17) is 10.5 Å². The summed E-state index contributed by atoms with van der Waals surface area (Å²) in [5.74, 6) is 0.251. The molecule has 0 aromatic carbocycles. The van der Waals surface area contributed by atoms with E-state index in [-0.39, 0.29) is 17.9 Å². The van der Waals surface area contributed by atoms with Crippen molar-refractivity contribution in [2.45, 2.75) is 59.1 Å². The minimum Gasteiger partial charge on any atom is -0.444 e. The molecular weight excluding hydrogens is 282 g/mol. The molecule has 6 heteroatoms. The van der Waals surface area contributed by atoms with Crippen molar-refractivity contribution >= 4 is 12.0 Å². The molecule has 1 heterocycles. The topological polar surface area (TPSA) is 75.9 Å². The van der Waals surface area contributed by atoms with Crippen LogP contribution in [0.3, 0.4) is 0 Å². The first-order valence-electron chi connectivity index (χ1n) is 8.16. The molecule has 22 heavy (non-hydrogen) atoms. The SMILES string of the molecule is CCN(CC1CCCN(C(=O)OC(C)(C)C)C1)C(=O)C(C)N. The molecule has 2 unspecified atom stereocenters. The third-order valence-electron chi connectivity index (χ3n) is 3.73. The zero-order valence-electron chi connectivity index (χ0n) is 14.6. The summed E-state index contributed by atoms with van der Waals surface area (Å²) in [4.78, 5) is 27.7. The summed E-state index contributed by atoms with van der Waals surface area (Å²) in [5, 5.41) is 0. The molecule has 1 aliphatic rings. The van der Waals surface area contributed by atoms with Crippen molar-refractivity contribution in [1.29, 1.82) is 0 Å². The van der Waals surface area contributed by atoms with Gasteiger partial charge in [-0.25, -0.2) is 4.79 Å². The number of carbonyl (C=O) groups is 2. The summed E-state index contributed by atoms with van der Waals surface area (Å²) in [6.07, 6.45) is 1.69. The van der Waals surface area contributed by atoms with Crippen LogP contribution in [0.5, 0.6) is 0 Å². The van der Waals surface area contributed by atoms with Crippen LogP contribution in [0.2, 0.25) is 0 Å². The Morgan fingerprint density at radius 3 is 2.55 bits per heavy atom. The number of rotatable bonds is 4. The molecule has 2 N–H and O–H groups in total. The lowest BCUT2D eigenvalue weighted by atomic mass is 9.97. The van der Waals surface area contributed by atoms with Gasteiger partial charge in [-0.1, -0.05) is 0 Å². The third-order valence-corrected chi connectivity index (χ3v) is 3.73. The molecule has 2 atom stereocenters. The Morgan fingerprint density at radius 1 is 1.41 bits per heavy atom. The quantitative estimate of drug-likeness (QED) is 0.859. The van der Waals surface area contributed by atoms with Crippen molar-refractivity contribution in [2.24, 2.45) is 11.7 Å². The molecule has 1 fully saturated rings. The van der Waals surface area contributed by atoms with Crippen molar-refractivity contribution < 1.29 is 14.3 Å². The molecule has 1 rings (SSSR count). The summed E-state index contributed by atoms with van der Waals surface area (Å²) in [6, 6.07) is -0.481. The fourth-order valence-electron chi connectivity index (χ4n) is 2.68. The number of amides is 2. The summed E-state index contributed by atoms with van der Waals surface area (Å²) in [5.41, 5.74) is 5.20. The number of nitrogens with two attached hydrogens (primary N) is 1. The highest BCUT2D eigenvalue weighted by atomic mass is 16.6. The van der Waals surface area contributed by atoms with Crippen LogP contribution in [0, 0.1) is 5.92 Å². The largest absolute Gasteiger partial charge is 0.444 e. The number of piperidine rings is 1. The summed E-state index contributed by atoms with van der Waals surface area (Å²) < 4.78 is 5.43. The maximum atomic E-state index is 12.2. The molecule has 0 saturated carbocycles. The van der Waals surface area contributed by atoms with E-state index in [0.717, 1.165) is 19.4 Å². The summed E-state index contributed by atoms with van der Waals surface area (Å²) in [6.45, 7) is 11.9. The second-order valence-electron chi connectivity index (χ2n) is 7.10. The van der Waals surface area contributed by atoms with Gasteiger partial charge in [0.15, 0.2) is 0 Å². The first-order valence-corrected chi connectivity index (χ1v) is 8.16. The van der Waals surface area contributed by atoms with Gasteiger partial charge in [-0.05, 0) is 53.4 Å². The molecular formula is C16H31N3O3. The average molecular weight is 313 g/mol. The molecule has 128 valence electrons. The molecule has 0 aliphatic carbocycles. The van der Waals surface area contributed by atoms with Crippen LogP contribution in [-0.4, -0.2) is 59.6 Å². The molecule has 0 radical (unpaired) electrons. The number of hydrogen-bond donors (Lipinski definition) is 1. The Kier molecular flexibility index (Phi) is 6.66. The lowest BCUT2D eigenvalue weighted by Crippen LogP contribution is -2.48. The average Bonchev–Trinajstić information content (AvgIpc) is 2.42.